The van der Waals surface area contributed by atoms with Crippen molar-refractivity contribution in [2.45, 2.75) is 174 Å². The third-order valence-electron chi connectivity index (χ3n) is 9.00. The van der Waals surface area contributed by atoms with Gasteiger partial charge in [0.2, 0.25) is 5.91 Å². The lowest BCUT2D eigenvalue weighted by molar-refractivity contribution is -0.137. The van der Waals surface area contributed by atoms with E-state index in [0.717, 1.165) is 57.8 Å². The van der Waals surface area contributed by atoms with Crippen LogP contribution in [-0.4, -0.2) is 80.5 Å². The van der Waals surface area contributed by atoms with E-state index in [-0.39, 0.29) is 36.1 Å². The van der Waals surface area contributed by atoms with Gasteiger partial charge in [0, 0.05) is 51.2 Å². The molecule has 0 aromatic heterocycles. The molecule has 0 fully saturated rings. The molecular formula is C40H73NO9. The number of Topliss-reactive ketones (excluding diaryl/α,β-unsaturated/α-hetero) is 3. The summed E-state index contributed by atoms with van der Waals surface area (Å²) in [6.07, 6.45) is 23.9. The van der Waals surface area contributed by atoms with E-state index in [0.29, 0.717) is 71.9 Å². The molecule has 10 nitrogen and oxygen atoms in total. The smallest absolute Gasteiger partial charge is 0.303 e. The van der Waals surface area contributed by atoms with Gasteiger partial charge in [-0.25, -0.2) is 0 Å². The number of hydrogen-bond donors (Lipinski definition) is 2. The molecule has 0 heterocycles. The number of ether oxygens (including phenoxy) is 3. The molecule has 0 aliphatic carbocycles. The Bertz CT molecular complexity index is 864. The minimum Gasteiger partial charge on any atom is -0.481 e. The first kappa shape index (κ1) is 47.8. The van der Waals surface area contributed by atoms with E-state index in [1.54, 1.807) is 6.92 Å². The summed E-state index contributed by atoms with van der Waals surface area (Å²) in [5.41, 5.74) is 0. The number of carboxylic acids is 1. The molecule has 1 atom stereocenters. The van der Waals surface area contributed by atoms with Gasteiger partial charge in [-0.3, -0.25) is 19.2 Å². The van der Waals surface area contributed by atoms with Crippen LogP contribution in [0.5, 0.6) is 0 Å². The summed E-state index contributed by atoms with van der Waals surface area (Å²) in [6, 6.07) is 0. The Kier molecular flexibility index (Phi) is 35.0. The van der Waals surface area contributed by atoms with Gasteiger partial charge in [-0.1, -0.05) is 96.3 Å². The van der Waals surface area contributed by atoms with Crippen molar-refractivity contribution in [2.24, 2.45) is 5.92 Å². The zero-order chi connectivity index (χ0) is 36.9. The van der Waals surface area contributed by atoms with Crippen LogP contribution in [0.2, 0.25) is 0 Å². The number of carbonyl (C=O) groups excluding carboxylic acids is 4. The van der Waals surface area contributed by atoms with E-state index >= 15 is 0 Å². The molecule has 50 heavy (non-hydrogen) atoms. The van der Waals surface area contributed by atoms with Crippen LogP contribution in [0.3, 0.4) is 0 Å². The van der Waals surface area contributed by atoms with Crippen LogP contribution in [0.1, 0.15) is 174 Å². The number of nitrogens with one attached hydrogen (secondary N) is 1. The summed E-state index contributed by atoms with van der Waals surface area (Å²) in [5, 5.41) is 11.5. The summed E-state index contributed by atoms with van der Waals surface area (Å²) < 4.78 is 16.5. The monoisotopic (exact) mass is 712 g/mol. The molecule has 1 amide bonds. The molecule has 0 unspecified atom stereocenters. The molecule has 292 valence electrons. The topological polar surface area (TPSA) is 145 Å². The average molecular weight is 712 g/mol. The molecule has 0 bridgehead atoms. The maximum Gasteiger partial charge on any atom is 0.303 e. The maximum absolute atomic E-state index is 12.5. The van der Waals surface area contributed by atoms with Gasteiger partial charge in [0.25, 0.3) is 0 Å². The number of carboxylic acid groups (broad SMARTS) is 1. The van der Waals surface area contributed by atoms with Crippen molar-refractivity contribution >= 4 is 29.2 Å². The Morgan fingerprint density at radius 3 is 1.40 bits per heavy atom. The summed E-state index contributed by atoms with van der Waals surface area (Å²) >= 11 is 0. The van der Waals surface area contributed by atoms with Crippen LogP contribution in [-0.2, 0) is 38.2 Å². The molecule has 0 aromatic carbocycles. The Balaban J connectivity index is 3.59. The lowest BCUT2D eigenvalue weighted by Crippen LogP contribution is -2.28. The molecule has 0 aromatic rings. The molecule has 0 saturated heterocycles. The van der Waals surface area contributed by atoms with Gasteiger partial charge < -0.3 is 29.4 Å². The van der Waals surface area contributed by atoms with Crippen molar-refractivity contribution < 1.29 is 43.3 Å². The van der Waals surface area contributed by atoms with Crippen LogP contribution in [0.25, 0.3) is 0 Å². The maximum atomic E-state index is 12.5. The van der Waals surface area contributed by atoms with E-state index in [9.17, 15) is 24.0 Å². The van der Waals surface area contributed by atoms with E-state index in [2.05, 4.69) is 5.32 Å². The highest BCUT2D eigenvalue weighted by Crippen LogP contribution is 2.17. The predicted octanol–water partition coefficient (Wildman–Crippen LogP) is 8.35. The highest BCUT2D eigenvalue weighted by molar-refractivity contribution is 5.87. The lowest BCUT2D eigenvalue weighted by Gasteiger charge is -2.13. The van der Waals surface area contributed by atoms with E-state index < -0.39 is 11.9 Å². The van der Waals surface area contributed by atoms with Gasteiger partial charge in [0.05, 0.1) is 33.0 Å². The minimum absolute atomic E-state index is 0.0329. The number of ketones is 3. The summed E-state index contributed by atoms with van der Waals surface area (Å²) in [7, 11) is 0. The average Bonchev–Trinajstić information content (AvgIpc) is 3.07. The van der Waals surface area contributed by atoms with Crippen molar-refractivity contribution in [3.05, 3.63) is 0 Å². The molecule has 0 rings (SSSR count). The number of aliphatic carboxylic acids is 1. The Morgan fingerprint density at radius 2 is 0.920 bits per heavy atom. The number of rotatable bonds is 40. The molecule has 0 spiro atoms. The second-order valence-corrected chi connectivity index (χ2v) is 13.8. The van der Waals surface area contributed by atoms with Gasteiger partial charge in [-0.15, -0.1) is 0 Å². The second kappa shape index (κ2) is 36.6. The molecule has 0 saturated carbocycles. The van der Waals surface area contributed by atoms with Crippen molar-refractivity contribution in [2.75, 3.05) is 46.2 Å². The normalized spacial score (nSPS) is 11.8. The second-order valence-electron chi connectivity index (χ2n) is 13.8. The fraction of sp³-hybridized carbons (Fsp3) is 0.875. The van der Waals surface area contributed by atoms with E-state index in [1.807, 2.05) is 0 Å². The van der Waals surface area contributed by atoms with Crippen LogP contribution in [0.15, 0.2) is 0 Å². The molecular weight excluding hydrogens is 638 g/mol. The van der Waals surface area contributed by atoms with Gasteiger partial charge in [0.15, 0.2) is 0 Å². The molecule has 0 radical (unpaired) electrons. The zero-order valence-corrected chi connectivity index (χ0v) is 31.9. The number of carbonyl (C=O) groups is 5. The van der Waals surface area contributed by atoms with Crippen LogP contribution >= 0.6 is 0 Å². The fourth-order valence-electron chi connectivity index (χ4n) is 5.85. The first-order valence-electron chi connectivity index (χ1n) is 20.0. The standard InChI is InChI=1S/C40H73NO9/c1-35(42)22-18-17-21-28-48-30-32-50-33-31-49-29-27-41-39(45)26-25-37(36(2)43)34-38(44)23-19-15-13-11-9-7-5-3-4-6-8-10-12-14-16-20-24-40(46)47/h37H,3-34H2,1-2H3,(H,41,45)(H,46,47)/t37-/m1/s1. The Morgan fingerprint density at radius 1 is 0.500 bits per heavy atom. The molecule has 2 N–H and O–H groups in total. The van der Waals surface area contributed by atoms with Crippen molar-refractivity contribution in [1.29, 1.82) is 0 Å². The van der Waals surface area contributed by atoms with Crippen molar-refractivity contribution in [3.63, 3.8) is 0 Å². The lowest BCUT2D eigenvalue weighted by atomic mass is 9.91. The molecule has 10 heteroatoms. The Hall–Kier alpha value is -2.17. The third-order valence-corrected chi connectivity index (χ3v) is 9.00. The van der Waals surface area contributed by atoms with Gasteiger partial charge >= 0.3 is 5.97 Å². The number of amides is 1. The fourth-order valence-corrected chi connectivity index (χ4v) is 5.85. The van der Waals surface area contributed by atoms with Crippen molar-refractivity contribution in [3.8, 4) is 0 Å². The third kappa shape index (κ3) is 37.1. The molecule has 0 aliphatic rings. The minimum atomic E-state index is -0.687. The summed E-state index contributed by atoms with van der Waals surface area (Å²) in [4.78, 5) is 58.2. The van der Waals surface area contributed by atoms with Gasteiger partial charge in [0.1, 0.15) is 17.3 Å². The van der Waals surface area contributed by atoms with Gasteiger partial charge in [-0.2, -0.15) is 0 Å². The van der Waals surface area contributed by atoms with Gasteiger partial charge in [-0.05, 0) is 46.0 Å². The summed E-state index contributed by atoms with van der Waals surface area (Å²) in [5.74, 6) is -0.904. The zero-order valence-electron chi connectivity index (χ0n) is 31.9. The first-order valence-corrected chi connectivity index (χ1v) is 20.0. The molecule has 0 aliphatic heterocycles. The largest absolute Gasteiger partial charge is 0.481 e. The van der Waals surface area contributed by atoms with Crippen LogP contribution in [0.4, 0.5) is 0 Å². The van der Waals surface area contributed by atoms with E-state index in [1.165, 1.54) is 71.1 Å². The Labute approximate surface area is 303 Å². The first-order chi connectivity index (χ1) is 24.2. The SMILES string of the molecule is CC(=O)CCCCCOCCOCCOCCNC(=O)CC[C@H](CC(=O)CCCCCCCCCCCCCCCCCCC(=O)O)C(C)=O. The predicted molar refractivity (Wildman–Crippen MR) is 198 cm³/mol. The number of hydrogen-bond acceptors (Lipinski definition) is 8. The van der Waals surface area contributed by atoms with Crippen LogP contribution in [0, 0.1) is 5.92 Å². The quantitative estimate of drug-likeness (QED) is 0.0599. The highest BCUT2D eigenvalue weighted by atomic mass is 16.5. The number of unbranched alkanes of at least 4 members (excludes halogenated alkanes) is 17. The summed E-state index contributed by atoms with van der Waals surface area (Å²) in [6.45, 7) is 6.47. The van der Waals surface area contributed by atoms with Crippen LogP contribution < -0.4 is 5.32 Å². The van der Waals surface area contributed by atoms with E-state index in [4.69, 9.17) is 19.3 Å². The van der Waals surface area contributed by atoms with Crippen molar-refractivity contribution in [1.82, 2.24) is 5.32 Å². The highest BCUT2D eigenvalue weighted by Gasteiger charge is 2.19.